The van der Waals surface area contributed by atoms with Gasteiger partial charge in [0.25, 0.3) is 15.9 Å². The van der Waals surface area contributed by atoms with Crippen LogP contribution < -0.4 is 9.62 Å². The van der Waals surface area contributed by atoms with E-state index in [0.717, 1.165) is 4.31 Å². The number of nitrogens with one attached hydrogen (secondary N) is 1. The Morgan fingerprint density at radius 1 is 0.964 bits per heavy atom. The summed E-state index contributed by atoms with van der Waals surface area (Å²) in [6.45, 7) is 0. The third kappa shape index (κ3) is 3.87. The van der Waals surface area contributed by atoms with E-state index >= 15 is 0 Å². The van der Waals surface area contributed by atoms with E-state index in [9.17, 15) is 13.2 Å². The average Bonchev–Trinajstić information content (AvgIpc) is 2.74. The fourth-order valence-corrected chi connectivity index (χ4v) is 4.05. The Hall–Kier alpha value is -3.63. The van der Waals surface area contributed by atoms with Crippen molar-refractivity contribution in [3.63, 3.8) is 0 Å². The maximum Gasteiger partial charge on any atom is 0.264 e. The number of carbonyl (C=O) groups excluding carboxylic acids is 1. The highest BCUT2D eigenvalue weighted by Gasteiger charge is 2.26. The average molecular weight is 391 g/mol. The summed E-state index contributed by atoms with van der Waals surface area (Å²) in [4.78, 5) is 12.7. The van der Waals surface area contributed by atoms with Crippen LogP contribution in [-0.2, 0) is 10.0 Å². The molecule has 0 spiro atoms. The molecule has 28 heavy (non-hydrogen) atoms. The van der Waals surface area contributed by atoms with Crippen molar-refractivity contribution >= 4 is 27.3 Å². The van der Waals surface area contributed by atoms with Crippen LogP contribution in [0.15, 0.2) is 83.8 Å². The van der Waals surface area contributed by atoms with Gasteiger partial charge in [0.05, 0.1) is 22.9 Å². The lowest BCUT2D eigenvalue weighted by Crippen LogP contribution is -2.28. The molecule has 0 saturated heterocycles. The second-order valence-corrected chi connectivity index (χ2v) is 7.89. The van der Waals surface area contributed by atoms with E-state index in [1.165, 1.54) is 25.2 Å². The number of amides is 1. The van der Waals surface area contributed by atoms with Crippen LogP contribution in [0.2, 0.25) is 0 Å². The van der Waals surface area contributed by atoms with Crippen LogP contribution in [-0.4, -0.2) is 21.4 Å². The van der Waals surface area contributed by atoms with E-state index < -0.39 is 15.9 Å². The first-order valence-electron chi connectivity index (χ1n) is 8.38. The van der Waals surface area contributed by atoms with Crippen LogP contribution in [0.5, 0.6) is 0 Å². The molecule has 3 aromatic rings. The first-order chi connectivity index (χ1) is 13.4. The summed E-state index contributed by atoms with van der Waals surface area (Å²) < 4.78 is 27.4. The molecule has 3 rings (SSSR count). The normalized spacial score (nSPS) is 10.7. The molecule has 0 aliphatic carbocycles. The largest absolute Gasteiger partial charge is 0.322 e. The highest BCUT2D eigenvalue weighted by molar-refractivity contribution is 7.92. The molecule has 0 heterocycles. The molecule has 6 nitrogen and oxygen atoms in total. The SMILES string of the molecule is CN(c1ccccc1)S(=O)(=O)c1ccccc1C(=O)Nc1cccc(C#N)c1. The number of anilines is 2. The Morgan fingerprint density at radius 3 is 2.36 bits per heavy atom. The van der Waals surface area contributed by atoms with Gasteiger partial charge in [-0.3, -0.25) is 9.10 Å². The lowest BCUT2D eigenvalue weighted by Gasteiger charge is -2.21. The smallest absolute Gasteiger partial charge is 0.264 e. The minimum Gasteiger partial charge on any atom is -0.322 e. The van der Waals surface area contributed by atoms with E-state index in [1.807, 2.05) is 6.07 Å². The number of sulfonamides is 1. The third-order valence-corrected chi connectivity index (χ3v) is 5.98. The van der Waals surface area contributed by atoms with Gasteiger partial charge in [0.2, 0.25) is 0 Å². The summed E-state index contributed by atoms with van der Waals surface area (Å²) in [5.74, 6) is -0.573. The van der Waals surface area contributed by atoms with Crippen LogP contribution >= 0.6 is 0 Å². The number of carbonyl (C=O) groups is 1. The molecule has 0 bridgehead atoms. The molecule has 0 unspecified atom stereocenters. The number of para-hydroxylation sites is 1. The van der Waals surface area contributed by atoms with Gasteiger partial charge >= 0.3 is 0 Å². The quantitative estimate of drug-likeness (QED) is 0.719. The Kier molecular flexibility index (Phi) is 5.43. The topological polar surface area (TPSA) is 90.3 Å². The molecule has 0 aliphatic heterocycles. The Labute approximate surface area is 163 Å². The van der Waals surface area contributed by atoms with Gasteiger partial charge in [-0.2, -0.15) is 5.26 Å². The molecule has 0 saturated carbocycles. The first-order valence-corrected chi connectivity index (χ1v) is 9.82. The van der Waals surface area contributed by atoms with Crippen molar-refractivity contribution in [3.8, 4) is 6.07 Å². The van der Waals surface area contributed by atoms with Crippen LogP contribution in [0.25, 0.3) is 0 Å². The van der Waals surface area contributed by atoms with Gasteiger partial charge in [-0.05, 0) is 42.5 Å². The van der Waals surface area contributed by atoms with Gasteiger partial charge in [-0.1, -0.05) is 36.4 Å². The molecule has 0 radical (unpaired) electrons. The monoisotopic (exact) mass is 391 g/mol. The summed E-state index contributed by atoms with van der Waals surface area (Å²) in [5.41, 5.74) is 1.31. The van der Waals surface area contributed by atoms with Crippen molar-refractivity contribution in [2.75, 3.05) is 16.7 Å². The Balaban J connectivity index is 1.96. The molecule has 1 N–H and O–H groups in total. The predicted octanol–water partition coefficient (Wildman–Crippen LogP) is 3.64. The predicted molar refractivity (Wildman–Crippen MR) is 108 cm³/mol. The van der Waals surface area contributed by atoms with Gasteiger partial charge in [0, 0.05) is 12.7 Å². The van der Waals surface area contributed by atoms with E-state index in [4.69, 9.17) is 5.26 Å². The Morgan fingerprint density at radius 2 is 1.64 bits per heavy atom. The zero-order valence-electron chi connectivity index (χ0n) is 15.0. The molecule has 140 valence electrons. The number of nitriles is 1. The second kappa shape index (κ2) is 7.94. The van der Waals surface area contributed by atoms with Crippen molar-refractivity contribution in [1.82, 2.24) is 0 Å². The summed E-state index contributed by atoms with van der Waals surface area (Å²) in [7, 11) is -2.51. The molecule has 0 atom stereocenters. The summed E-state index contributed by atoms with van der Waals surface area (Å²) in [6.07, 6.45) is 0. The second-order valence-electron chi connectivity index (χ2n) is 5.95. The van der Waals surface area contributed by atoms with Crippen LogP contribution in [0.3, 0.4) is 0 Å². The molecule has 0 aromatic heterocycles. The van der Waals surface area contributed by atoms with E-state index in [2.05, 4.69) is 5.32 Å². The summed E-state index contributed by atoms with van der Waals surface area (Å²) >= 11 is 0. The van der Waals surface area contributed by atoms with Gasteiger partial charge in [-0.15, -0.1) is 0 Å². The van der Waals surface area contributed by atoms with E-state index in [1.54, 1.807) is 60.7 Å². The standard InChI is InChI=1S/C21H17N3O3S/c1-24(18-10-3-2-4-11-18)28(26,27)20-13-6-5-12-19(20)21(25)23-17-9-7-8-16(14-17)15-22/h2-14H,1H3,(H,23,25). The number of nitrogens with zero attached hydrogens (tertiary/aromatic N) is 2. The summed E-state index contributed by atoms with van der Waals surface area (Å²) in [5, 5.41) is 11.6. The number of benzene rings is 3. The molecule has 0 fully saturated rings. The molecule has 3 aromatic carbocycles. The van der Waals surface area contributed by atoms with Gasteiger partial charge in [-0.25, -0.2) is 8.42 Å². The highest BCUT2D eigenvalue weighted by atomic mass is 32.2. The fourth-order valence-electron chi connectivity index (χ4n) is 2.67. The van der Waals surface area contributed by atoms with Crippen LogP contribution in [0, 0.1) is 11.3 Å². The van der Waals surface area contributed by atoms with Crippen molar-refractivity contribution in [2.45, 2.75) is 4.90 Å². The minimum atomic E-state index is -3.95. The van der Waals surface area contributed by atoms with Crippen molar-refractivity contribution in [2.24, 2.45) is 0 Å². The molecule has 0 aliphatic rings. The van der Waals surface area contributed by atoms with Crippen LogP contribution in [0.1, 0.15) is 15.9 Å². The van der Waals surface area contributed by atoms with Crippen molar-refractivity contribution in [3.05, 3.63) is 90.0 Å². The number of hydrogen-bond acceptors (Lipinski definition) is 4. The lowest BCUT2D eigenvalue weighted by atomic mass is 10.2. The molecular formula is C21H17N3O3S. The molecular weight excluding hydrogens is 374 g/mol. The van der Waals surface area contributed by atoms with E-state index in [-0.39, 0.29) is 10.5 Å². The van der Waals surface area contributed by atoms with Gasteiger partial charge in [0.15, 0.2) is 0 Å². The first kappa shape index (κ1) is 19.1. The third-order valence-electron chi connectivity index (χ3n) is 4.14. The summed E-state index contributed by atoms with van der Waals surface area (Å²) in [6, 6.07) is 23.0. The molecule has 1 amide bonds. The fraction of sp³-hybridized carbons (Fsp3) is 0.0476. The zero-order valence-corrected chi connectivity index (χ0v) is 15.8. The lowest BCUT2D eigenvalue weighted by molar-refractivity contribution is 0.102. The van der Waals surface area contributed by atoms with Crippen molar-refractivity contribution in [1.29, 1.82) is 5.26 Å². The highest BCUT2D eigenvalue weighted by Crippen LogP contribution is 2.25. The van der Waals surface area contributed by atoms with Crippen LogP contribution in [0.4, 0.5) is 11.4 Å². The number of rotatable bonds is 5. The minimum absolute atomic E-state index is 0.0210. The zero-order chi connectivity index (χ0) is 20.1. The van der Waals surface area contributed by atoms with Gasteiger partial charge < -0.3 is 5.32 Å². The maximum absolute atomic E-state index is 13.1. The van der Waals surface area contributed by atoms with E-state index in [0.29, 0.717) is 16.9 Å². The van der Waals surface area contributed by atoms with Gasteiger partial charge in [0.1, 0.15) is 4.90 Å². The Bertz CT molecular complexity index is 1150. The number of hydrogen-bond donors (Lipinski definition) is 1. The molecule has 7 heteroatoms. The van der Waals surface area contributed by atoms with Crippen molar-refractivity contribution < 1.29 is 13.2 Å². The maximum atomic E-state index is 13.1.